The minimum absolute atomic E-state index is 0.0688. The van der Waals surface area contributed by atoms with Crippen LogP contribution < -0.4 is 5.56 Å². The number of benzene rings is 1. The summed E-state index contributed by atoms with van der Waals surface area (Å²) in [6.45, 7) is 2.36. The standard InChI is InChI=1S/C20H25N3O/c1-22-20(24)9-8-19(21-22)17-7-6-15-10-12-23(13-11-16(15)14-17)18-4-2-3-5-18/h6-9,14,18H,2-5,10-13H2,1H3. The summed E-state index contributed by atoms with van der Waals surface area (Å²) in [6.07, 6.45) is 7.82. The third kappa shape index (κ3) is 3.03. The molecule has 0 atom stereocenters. The van der Waals surface area contributed by atoms with Crippen molar-refractivity contribution in [3.8, 4) is 11.3 Å². The van der Waals surface area contributed by atoms with E-state index in [1.165, 1.54) is 54.6 Å². The van der Waals surface area contributed by atoms with Crippen LogP contribution in [0.5, 0.6) is 0 Å². The lowest BCUT2D eigenvalue weighted by Crippen LogP contribution is -2.35. The topological polar surface area (TPSA) is 38.1 Å². The van der Waals surface area contributed by atoms with Crippen molar-refractivity contribution in [2.24, 2.45) is 7.05 Å². The van der Waals surface area contributed by atoms with Crippen LogP contribution in [0, 0.1) is 0 Å². The average molecular weight is 323 g/mol. The summed E-state index contributed by atoms with van der Waals surface area (Å²) >= 11 is 0. The van der Waals surface area contributed by atoms with E-state index >= 15 is 0 Å². The van der Waals surface area contributed by atoms with Crippen molar-refractivity contribution in [1.82, 2.24) is 14.7 Å². The Labute approximate surface area is 143 Å². The van der Waals surface area contributed by atoms with Gasteiger partial charge in [-0.3, -0.25) is 9.69 Å². The highest BCUT2D eigenvalue weighted by Gasteiger charge is 2.24. The summed E-state index contributed by atoms with van der Waals surface area (Å²) in [7, 11) is 1.70. The lowest BCUT2D eigenvalue weighted by Gasteiger charge is -2.26. The molecule has 1 aromatic carbocycles. The normalized spacial score (nSPS) is 19.2. The molecule has 4 nitrogen and oxygen atoms in total. The molecule has 1 fully saturated rings. The Hall–Kier alpha value is -1.94. The van der Waals surface area contributed by atoms with Gasteiger partial charge in [0, 0.05) is 37.8 Å². The first-order valence-corrected chi connectivity index (χ1v) is 9.11. The quantitative estimate of drug-likeness (QED) is 0.853. The van der Waals surface area contributed by atoms with Gasteiger partial charge in [0.1, 0.15) is 0 Å². The van der Waals surface area contributed by atoms with Gasteiger partial charge in [0.2, 0.25) is 0 Å². The molecule has 2 aromatic rings. The van der Waals surface area contributed by atoms with Gasteiger partial charge in [-0.25, -0.2) is 4.68 Å². The van der Waals surface area contributed by atoms with Gasteiger partial charge in [-0.2, -0.15) is 5.10 Å². The van der Waals surface area contributed by atoms with E-state index in [-0.39, 0.29) is 5.56 Å². The molecule has 126 valence electrons. The van der Waals surface area contributed by atoms with E-state index < -0.39 is 0 Å². The summed E-state index contributed by atoms with van der Waals surface area (Å²) < 4.78 is 1.41. The molecule has 0 unspecified atom stereocenters. The van der Waals surface area contributed by atoms with Crippen molar-refractivity contribution >= 4 is 0 Å². The van der Waals surface area contributed by atoms with Crippen molar-refractivity contribution in [2.75, 3.05) is 13.1 Å². The van der Waals surface area contributed by atoms with E-state index in [1.807, 2.05) is 6.07 Å². The third-order valence-corrected chi connectivity index (χ3v) is 5.64. The molecule has 4 rings (SSSR count). The average Bonchev–Trinajstić information content (AvgIpc) is 3.04. The van der Waals surface area contributed by atoms with Crippen LogP contribution in [0.3, 0.4) is 0 Å². The zero-order chi connectivity index (χ0) is 16.5. The van der Waals surface area contributed by atoms with Crippen LogP contribution in [0.15, 0.2) is 35.1 Å². The van der Waals surface area contributed by atoms with Crippen molar-refractivity contribution < 1.29 is 0 Å². The summed E-state index contributed by atoms with van der Waals surface area (Å²) in [6, 6.07) is 10.9. The van der Waals surface area contributed by atoms with E-state index in [2.05, 4.69) is 28.2 Å². The Morgan fingerprint density at radius 3 is 2.50 bits per heavy atom. The van der Waals surface area contributed by atoms with Gasteiger partial charge in [0.25, 0.3) is 5.56 Å². The van der Waals surface area contributed by atoms with Crippen LogP contribution in [0.25, 0.3) is 11.3 Å². The maximum Gasteiger partial charge on any atom is 0.266 e. The maximum atomic E-state index is 11.5. The van der Waals surface area contributed by atoms with Crippen molar-refractivity contribution in [1.29, 1.82) is 0 Å². The van der Waals surface area contributed by atoms with Crippen LogP contribution in [-0.4, -0.2) is 33.8 Å². The van der Waals surface area contributed by atoms with Crippen LogP contribution in [0.2, 0.25) is 0 Å². The minimum atomic E-state index is -0.0688. The number of hydrogen-bond acceptors (Lipinski definition) is 3. The predicted molar refractivity (Wildman–Crippen MR) is 96.2 cm³/mol. The largest absolute Gasteiger partial charge is 0.300 e. The van der Waals surface area contributed by atoms with E-state index in [9.17, 15) is 4.79 Å². The van der Waals surface area contributed by atoms with Gasteiger partial charge in [-0.15, -0.1) is 0 Å². The maximum absolute atomic E-state index is 11.5. The highest BCUT2D eigenvalue weighted by Crippen LogP contribution is 2.28. The van der Waals surface area contributed by atoms with E-state index in [4.69, 9.17) is 0 Å². The Morgan fingerprint density at radius 2 is 1.75 bits per heavy atom. The molecule has 0 bridgehead atoms. The second-order valence-corrected chi connectivity index (χ2v) is 7.14. The molecule has 1 saturated carbocycles. The van der Waals surface area contributed by atoms with Crippen LogP contribution in [-0.2, 0) is 19.9 Å². The number of fused-ring (bicyclic) bond motifs is 1. The zero-order valence-corrected chi connectivity index (χ0v) is 14.4. The Balaban J connectivity index is 1.58. The van der Waals surface area contributed by atoms with E-state index in [0.717, 1.165) is 30.1 Å². The number of nitrogens with zero attached hydrogens (tertiary/aromatic N) is 3. The lowest BCUT2D eigenvalue weighted by atomic mass is 9.99. The fourth-order valence-corrected chi connectivity index (χ4v) is 4.19. The summed E-state index contributed by atoms with van der Waals surface area (Å²) in [5, 5.41) is 4.39. The molecule has 2 aliphatic rings. The first-order valence-electron chi connectivity index (χ1n) is 9.11. The monoisotopic (exact) mass is 323 g/mol. The fourth-order valence-electron chi connectivity index (χ4n) is 4.19. The molecule has 0 spiro atoms. The molecule has 24 heavy (non-hydrogen) atoms. The molecule has 0 amide bonds. The molecule has 1 aliphatic carbocycles. The van der Waals surface area contributed by atoms with Crippen molar-refractivity contribution in [3.63, 3.8) is 0 Å². The summed E-state index contributed by atoms with van der Waals surface area (Å²) in [5.41, 5.74) is 4.84. The number of rotatable bonds is 2. The van der Waals surface area contributed by atoms with E-state index in [0.29, 0.717) is 0 Å². The fraction of sp³-hybridized carbons (Fsp3) is 0.500. The van der Waals surface area contributed by atoms with Crippen LogP contribution in [0.1, 0.15) is 36.8 Å². The number of aromatic nitrogens is 2. The zero-order valence-electron chi connectivity index (χ0n) is 14.4. The van der Waals surface area contributed by atoms with E-state index in [1.54, 1.807) is 13.1 Å². The van der Waals surface area contributed by atoms with Crippen LogP contribution in [0.4, 0.5) is 0 Å². The SMILES string of the molecule is Cn1nc(-c2ccc3c(c2)CCN(C2CCCC2)CC3)ccc1=O. The Bertz CT molecular complexity index is 790. The molecule has 0 radical (unpaired) electrons. The molecule has 0 N–H and O–H groups in total. The third-order valence-electron chi connectivity index (χ3n) is 5.64. The number of hydrogen-bond donors (Lipinski definition) is 0. The van der Waals surface area contributed by atoms with Gasteiger partial charge in [-0.05, 0) is 48.9 Å². The van der Waals surface area contributed by atoms with Gasteiger partial charge < -0.3 is 0 Å². The van der Waals surface area contributed by atoms with Gasteiger partial charge in [-0.1, -0.05) is 25.0 Å². The number of aryl methyl sites for hydroxylation is 1. The predicted octanol–water partition coefficient (Wildman–Crippen LogP) is 2.79. The minimum Gasteiger partial charge on any atom is -0.300 e. The highest BCUT2D eigenvalue weighted by molar-refractivity contribution is 5.60. The Kier molecular flexibility index (Phi) is 4.23. The van der Waals surface area contributed by atoms with Crippen molar-refractivity contribution in [2.45, 2.75) is 44.6 Å². The first-order chi connectivity index (χ1) is 11.7. The lowest BCUT2D eigenvalue weighted by molar-refractivity contribution is 0.208. The van der Waals surface area contributed by atoms with Crippen molar-refractivity contribution in [3.05, 3.63) is 51.8 Å². The molecular formula is C20H25N3O. The highest BCUT2D eigenvalue weighted by atomic mass is 16.1. The van der Waals surface area contributed by atoms with Gasteiger partial charge >= 0.3 is 0 Å². The summed E-state index contributed by atoms with van der Waals surface area (Å²) in [5.74, 6) is 0. The molecule has 1 aromatic heterocycles. The van der Waals surface area contributed by atoms with Crippen LogP contribution >= 0.6 is 0 Å². The summed E-state index contributed by atoms with van der Waals surface area (Å²) in [4.78, 5) is 14.2. The van der Waals surface area contributed by atoms with Gasteiger partial charge in [0.15, 0.2) is 0 Å². The molecule has 2 heterocycles. The molecule has 1 aliphatic heterocycles. The molecule has 0 saturated heterocycles. The molecule has 4 heteroatoms. The second-order valence-electron chi connectivity index (χ2n) is 7.14. The molecular weight excluding hydrogens is 298 g/mol. The first kappa shape index (κ1) is 15.6. The second kappa shape index (κ2) is 6.52. The Morgan fingerprint density at radius 1 is 1.00 bits per heavy atom. The smallest absolute Gasteiger partial charge is 0.266 e. The van der Waals surface area contributed by atoms with Gasteiger partial charge in [0.05, 0.1) is 5.69 Å².